The topological polar surface area (TPSA) is 26.8 Å². The van der Waals surface area contributed by atoms with Gasteiger partial charge in [-0.3, -0.25) is 9.69 Å². The fourth-order valence-corrected chi connectivity index (χ4v) is 4.35. The van der Waals surface area contributed by atoms with Gasteiger partial charge in [0.25, 0.3) is 0 Å². The summed E-state index contributed by atoms with van der Waals surface area (Å²) >= 11 is 0. The lowest BCUT2D eigenvalue weighted by Crippen LogP contribution is -2.49. The van der Waals surface area contributed by atoms with E-state index in [2.05, 4.69) is 23.6 Å². The number of nitrogens with zero attached hydrogens (tertiary/aromatic N) is 3. The summed E-state index contributed by atoms with van der Waals surface area (Å²) in [5.41, 5.74) is 1.03. The number of amides is 1. The van der Waals surface area contributed by atoms with Crippen molar-refractivity contribution in [3.63, 3.8) is 0 Å². The Morgan fingerprint density at radius 3 is 2.31 bits per heavy atom. The third kappa shape index (κ3) is 4.76. The van der Waals surface area contributed by atoms with E-state index in [-0.39, 0.29) is 11.7 Å². The van der Waals surface area contributed by atoms with Crippen molar-refractivity contribution >= 4 is 11.6 Å². The van der Waals surface area contributed by atoms with Gasteiger partial charge in [-0.2, -0.15) is 0 Å². The van der Waals surface area contributed by atoms with Gasteiger partial charge in [0, 0.05) is 56.9 Å². The van der Waals surface area contributed by atoms with E-state index >= 15 is 0 Å². The second-order valence-corrected chi connectivity index (χ2v) is 7.86. The molecule has 0 aromatic heterocycles. The molecular formula is C21H32FN3O. The summed E-state index contributed by atoms with van der Waals surface area (Å²) in [6.45, 7) is 8.48. The summed E-state index contributed by atoms with van der Waals surface area (Å²) in [6, 6.07) is 7.79. The van der Waals surface area contributed by atoms with Gasteiger partial charge in [-0.15, -0.1) is 0 Å². The molecule has 0 spiro atoms. The smallest absolute Gasteiger partial charge is 0.223 e. The lowest BCUT2D eigenvalue weighted by molar-refractivity contribution is -0.132. The first-order chi connectivity index (χ1) is 12.5. The summed E-state index contributed by atoms with van der Waals surface area (Å²) in [4.78, 5) is 19.4. The van der Waals surface area contributed by atoms with Crippen LogP contribution in [0.25, 0.3) is 0 Å². The molecule has 0 radical (unpaired) electrons. The molecule has 2 aliphatic rings. The molecule has 1 aromatic rings. The average Bonchev–Trinajstić information content (AvgIpc) is 3.16. The Hall–Kier alpha value is -1.62. The molecule has 1 saturated carbocycles. The third-order valence-electron chi connectivity index (χ3n) is 5.87. The van der Waals surface area contributed by atoms with Crippen LogP contribution in [-0.4, -0.2) is 60.5 Å². The van der Waals surface area contributed by atoms with Crippen LogP contribution in [-0.2, 0) is 4.79 Å². The van der Waals surface area contributed by atoms with E-state index in [4.69, 9.17) is 0 Å². The van der Waals surface area contributed by atoms with Gasteiger partial charge < -0.3 is 9.80 Å². The maximum atomic E-state index is 13.1. The van der Waals surface area contributed by atoms with E-state index in [1.54, 1.807) is 0 Å². The fraction of sp³-hybridized carbons (Fsp3) is 0.667. The Morgan fingerprint density at radius 2 is 1.73 bits per heavy atom. The SMILES string of the molecule is CC(C)N(CCC(=O)N1CCN(c2ccc(F)cc2)CC1)C1CCCC1. The first-order valence-corrected chi connectivity index (χ1v) is 10.1. The Morgan fingerprint density at radius 1 is 1.12 bits per heavy atom. The molecule has 1 saturated heterocycles. The van der Waals surface area contributed by atoms with Crippen molar-refractivity contribution in [2.24, 2.45) is 0 Å². The Balaban J connectivity index is 1.46. The molecule has 26 heavy (non-hydrogen) atoms. The zero-order valence-electron chi connectivity index (χ0n) is 16.2. The van der Waals surface area contributed by atoms with Gasteiger partial charge in [-0.05, 0) is 51.0 Å². The summed E-state index contributed by atoms with van der Waals surface area (Å²) in [7, 11) is 0. The minimum absolute atomic E-state index is 0.209. The van der Waals surface area contributed by atoms with Crippen LogP contribution in [0.15, 0.2) is 24.3 Å². The van der Waals surface area contributed by atoms with Crippen LogP contribution in [0.2, 0.25) is 0 Å². The van der Waals surface area contributed by atoms with Crippen LogP contribution < -0.4 is 4.90 Å². The number of carbonyl (C=O) groups excluding carboxylic acids is 1. The molecule has 0 atom stereocenters. The van der Waals surface area contributed by atoms with Crippen molar-refractivity contribution in [2.45, 2.75) is 58.0 Å². The Labute approximate surface area is 157 Å². The van der Waals surface area contributed by atoms with Crippen LogP contribution in [0.5, 0.6) is 0 Å². The number of piperazine rings is 1. The highest BCUT2D eigenvalue weighted by Crippen LogP contribution is 2.25. The average molecular weight is 362 g/mol. The number of rotatable bonds is 6. The van der Waals surface area contributed by atoms with Gasteiger partial charge in [0.15, 0.2) is 0 Å². The first kappa shape index (κ1) is 19.2. The standard InChI is InChI=1S/C21H32FN3O/c1-17(2)25(20-5-3-4-6-20)12-11-21(26)24-15-13-23(14-16-24)19-9-7-18(22)8-10-19/h7-10,17,20H,3-6,11-16H2,1-2H3. The number of hydrogen-bond donors (Lipinski definition) is 0. The highest BCUT2D eigenvalue weighted by atomic mass is 19.1. The predicted octanol–water partition coefficient (Wildman–Crippen LogP) is 3.52. The molecule has 2 fully saturated rings. The molecule has 4 nitrogen and oxygen atoms in total. The van der Waals surface area contributed by atoms with Crippen molar-refractivity contribution in [3.8, 4) is 0 Å². The molecule has 0 unspecified atom stereocenters. The van der Waals surface area contributed by atoms with Crippen molar-refractivity contribution < 1.29 is 9.18 Å². The second kappa shape index (κ2) is 8.85. The lowest BCUT2D eigenvalue weighted by Gasteiger charge is -2.37. The molecule has 5 heteroatoms. The van der Waals surface area contributed by atoms with Crippen molar-refractivity contribution in [1.82, 2.24) is 9.80 Å². The first-order valence-electron chi connectivity index (χ1n) is 10.1. The Kier molecular flexibility index (Phi) is 6.52. The molecule has 0 bridgehead atoms. The summed E-state index contributed by atoms with van der Waals surface area (Å²) < 4.78 is 13.1. The molecular weight excluding hydrogens is 329 g/mol. The number of carbonyl (C=O) groups is 1. The normalized spacial score (nSPS) is 19.0. The van der Waals surface area contributed by atoms with Crippen molar-refractivity contribution in [3.05, 3.63) is 30.1 Å². The van der Waals surface area contributed by atoms with E-state index in [0.29, 0.717) is 18.5 Å². The zero-order chi connectivity index (χ0) is 18.5. The maximum absolute atomic E-state index is 13.1. The van der Waals surface area contributed by atoms with E-state index in [0.717, 1.165) is 38.4 Å². The number of benzene rings is 1. The highest BCUT2D eigenvalue weighted by molar-refractivity contribution is 5.76. The molecule has 1 heterocycles. The quantitative estimate of drug-likeness (QED) is 0.776. The van der Waals surface area contributed by atoms with Crippen LogP contribution >= 0.6 is 0 Å². The summed E-state index contributed by atoms with van der Waals surface area (Å²) in [6.07, 6.45) is 5.83. The molecule has 1 aliphatic heterocycles. The number of halogens is 1. The molecule has 0 N–H and O–H groups in total. The molecule has 1 amide bonds. The van der Waals surface area contributed by atoms with Crippen LogP contribution in [0.3, 0.4) is 0 Å². The zero-order valence-corrected chi connectivity index (χ0v) is 16.2. The second-order valence-electron chi connectivity index (χ2n) is 7.86. The predicted molar refractivity (Wildman–Crippen MR) is 104 cm³/mol. The van der Waals surface area contributed by atoms with Crippen LogP contribution in [0.4, 0.5) is 10.1 Å². The van der Waals surface area contributed by atoms with Gasteiger partial charge in [0.05, 0.1) is 0 Å². The van der Waals surface area contributed by atoms with Gasteiger partial charge in [0.1, 0.15) is 5.82 Å². The van der Waals surface area contributed by atoms with Crippen LogP contribution in [0, 0.1) is 5.82 Å². The molecule has 3 rings (SSSR count). The maximum Gasteiger partial charge on any atom is 0.223 e. The molecule has 1 aliphatic carbocycles. The van der Waals surface area contributed by atoms with E-state index in [9.17, 15) is 9.18 Å². The van der Waals surface area contributed by atoms with Crippen molar-refractivity contribution in [1.29, 1.82) is 0 Å². The molecule has 144 valence electrons. The number of anilines is 1. The van der Waals surface area contributed by atoms with E-state index in [1.807, 2.05) is 17.0 Å². The largest absolute Gasteiger partial charge is 0.368 e. The minimum Gasteiger partial charge on any atom is -0.368 e. The Bertz CT molecular complexity index is 575. The van der Waals surface area contributed by atoms with E-state index in [1.165, 1.54) is 37.8 Å². The monoisotopic (exact) mass is 361 g/mol. The van der Waals surface area contributed by atoms with Gasteiger partial charge in [-0.25, -0.2) is 4.39 Å². The van der Waals surface area contributed by atoms with Gasteiger partial charge in [0.2, 0.25) is 5.91 Å². The van der Waals surface area contributed by atoms with Gasteiger partial charge >= 0.3 is 0 Å². The highest BCUT2D eigenvalue weighted by Gasteiger charge is 2.26. The lowest BCUT2D eigenvalue weighted by atomic mass is 10.1. The fourth-order valence-electron chi connectivity index (χ4n) is 4.35. The summed E-state index contributed by atoms with van der Waals surface area (Å²) in [5, 5.41) is 0. The minimum atomic E-state index is -0.209. The number of hydrogen-bond acceptors (Lipinski definition) is 3. The van der Waals surface area contributed by atoms with E-state index < -0.39 is 0 Å². The molecule has 1 aromatic carbocycles. The summed E-state index contributed by atoms with van der Waals surface area (Å²) in [5.74, 6) is 0.0620. The van der Waals surface area contributed by atoms with Gasteiger partial charge in [-0.1, -0.05) is 12.8 Å². The van der Waals surface area contributed by atoms with Crippen LogP contribution in [0.1, 0.15) is 46.0 Å². The van der Waals surface area contributed by atoms with Crippen molar-refractivity contribution in [2.75, 3.05) is 37.6 Å². The third-order valence-corrected chi connectivity index (χ3v) is 5.87.